The average Bonchev–Trinajstić information content (AvgIpc) is 3.17. The highest BCUT2D eigenvalue weighted by atomic mass is 79.9. The number of thioether (sulfide) groups is 1. The van der Waals surface area contributed by atoms with Crippen molar-refractivity contribution in [1.82, 2.24) is 5.32 Å². The summed E-state index contributed by atoms with van der Waals surface area (Å²) in [5.41, 5.74) is 3.54. The molecule has 3 aromatic rings. The van der Waals surface area contributed by atoms with Crippen LogP contribution in [0.25, 0.3) is 6.08 Å². The van der Waals surface area contributed by atoms with Gasteiger partial charge >= 0.3 is 0 Å². The molecule has 3 aromatic carbocycles. The van der Waals surface area contributed by atoms with Gasteiger partial charge in [-0.1, -0.05) is 49.0 Å². The van der Waals surface area contributed by atoms with Crippen molar-refractivity contribution in [3.63, 3.8) is 0 Å². The highest BCUT2D eigenvalue weighted by Gasteiger charge is 2.27. The number of nitrogens with one attached hydrogen (secondary N) is 2. The van der Waals surface area contributed by atoms with E-state index in [0.29, 0.717) is 16.2 Å². The van der Waals surface area contributed by atoms with Gasteiger partial charge in [0.05, 0.1) is 14.3 Å². The second kappa shape index (κ2) is 10.8. The minimum absolute atomic E-state index is 0.0280. The summed E-state index contributed by atoms with van der Waals surface area (Å²) in [7, 11) is 0. The number of anilines is 1. The van der Waals surface area contributed by atoms with Crippen molar-refractivity contribution < 1.29 is 14.5 Å². The number of ether oxygens (including phenoxy) is 1. The number of nitrogens with zero attached hydrogens (tertiary/aromatic N) is 1. The normalized spacial score (nSPS) is 16.4. The lowest BCUT2D eigenvalue weighted by molar-refractivity contribution is -0.384. The van der Waals surface area contributed by atoms with E-state index in [1.54, 1.807) is 18.2 Å². The van der Waals surface area contributed by atoms with Crippen molar-refractivity contribution in [3.05, 3.63) is 103 Å². The third-order valence-electron chi connectivity index (χ3n) is 5.16. The highest BCUT2D eigenvalue weighted by molar-refractivity contribution is 9.10. The topological polar surface area (TPSA) is 93.5 Å². The van der Waals surface area contributed by atoms with Crippen molar-refractivity contribution in [1.29, 1.82) is 0 Å². The molecule has 174 valence electrons. The van der Waals surface area contributed by atoms with E-state index < -0.39 is 4.92 Å². The average molecular weight is 540 g/mol. The highest BCUT2D eigenvalue weighted by Crippen LogP contribution is 2.33. The standard InChI is InChI=1S/C25H22BrN3O4S/c1-2-16-6-9-19(10-7-16)27-25-28-24(30)23(34-25)14-17-8-11-22(21(26)13-17)33-15-18-4-3-5-20(12-18)29(31)32/h3-14,25,27H,2,15H2,1H3,(H,28,30)/b23-14-/t25-/m0/s1. The molecule has 2 N–H and O–H groups in total. The SMILES string of the molecule is CCc1ccc(N[C@H]2NC(=O)/C(=C/c3ccc(OCc4cccc([N+](=O)[O-])c4)c(Br)c3)S2)cc1. The maximum atomic E-state index is 12.4. The number of hydrogen-bond donors (Lipinski definition) is 2. The maximum absolute atomic E-state index is 12.4. The lowest BCUT2D eigenvalue weighted by Crippen LogP contribution is -2.30. The smallest absolute Gasteiger partial charge is 0.269 e. The molecule has 1 aliphatic heterocycles. The number of rotatable bonds is 8. The van der Waals surface area contributed by atoms with Crippen LogP contribution in [0.2, 0.25) is 0 Å². The fourth-order valence-electron chi connectivity index (χ4n) is 3.35. The molecule has 0 unspecified atom stereocenters. The van der Waals surface area contributed by atoms with Gasteiger partial charge in [-0.3, -0.25) is 14.9 Å². The first-order valence-corrected chi connectivity index (χ1v) is 12.3. The molecule has 1 atom stereocenters. The summed E-state index contributed by atoms with van der Waals surface area (Å²) in [5.74, 6) is 0.474. The van der Waals surface area contributed by atoms with E-state index >= 15 is 0 Å². The fourth-order valence-corrected chi connectivity index (χ4v) is 4.85. The summed E-state index contributed by atoms with van der Waals surface area (Å²) in [6, 6.07) is 20.0. The number of benzene rings is 3. The Morgan fingerprint density at radius 3 is 2.65 bits per heavy atom. The Bertz CT molecular complexity index is 1250. The van der Waals surface area contributed by atoms with Gasteiger partial charge < -0.3 is 15.4 Å². The predicted octanol–water partition coefficient (Wildman–Crippen LogP) is 6.10. The molecule has 7 nitrogen and oxygen atoms in total. The Balaban J connectivity index is 1.39. The number of amides is 1. The van der Waals surface area contributed by atoms with Crippen LogP contribution >= 0.6 is 27.7 Å². The number of nitro benzene ring substituents is 1. The van der Waals surface area contributed by atoms with Crippen LogP contribution in [0.4, 0.5) is 11.4 Å². The third kappa shape index (κ3) is 5.98. The van der Waals surface area contributed by atoms with E-state index in [4.69, 9.17) is 4.74 Å². The minimum atomic E-state index is -0.430. The molecule has 0 aliphatic carbocycles. The predicted molar refractivity (Wildman–Crippen MR) is 139 cm³/mol. The van der Waals surface area contributed by atoms with Crippen molar-refractivity contribution in [2.75, 3.05) is 5.32 Å². The second-order valence-corrected chi connectivity index (χ2v) is 9.58. The number of halogens is 1. The van der Waals surface area contributed by atoms with Gasteiger partial charge in [0.2, 0.25) is 0 Å². The summed E-state index contributed by atoms with van der Waals surface area (Å²) in [6.45, 7) is 2.31. The molecular formula is C25H22BrN3O4S. The third-order valence-corrected chi connectivity index (χ3v) is 6.81. The number of carbonyl (C=O) groups excluding carboxylic acids is 1. The molecule has 0 aromatic heterocycles. The quantitative estimate of drug-likeness (QED) is 0.204. The van der Waals surface area contributed by atoms with Crippen LogP contribution in [0.15, 0.2) is 76.1 Å². The van der Waals surface area contributed by atoms with Gasteiger partial charge in [0.15, 0.2) is 5.50 Å². The zero-order valence-electron chi connectivity index (χ0n) is 18.3. The Kier molecular flexibility index (Phi) is 7.54. The van der Waals surface area contributed by atoms with Crippen LogP contribution < -0.4 is 15.4 Å². The number of nitro groups is 1. The first kappa shape index (κ1) is 23.8. The Morgan fingerprint density at radius 1 is 1.15 bits per heavy atom. The van der Waals surface area contributed by atoms with Gasteiger partial charge in [-0.2, -0.15) is 0 Å². The van der Waals surface area contributed by atoms with Crippen LogP contribution in [-0.2, 0) is 17.8 Å². The van der Waals surface area contributed by atoms with Crippen molar-refractivity contribution >= 4 is 51.0 Å². The van der Waals surface area contributed by atoms with Gasteiger partial charge in [0, 0.05) is 17.8 Å². The molecule has 0 radical (unpaired) electrons. The van der Waals surface area contributed by atoms with E-state index in [-0.39, 0.29) is 23.7 Å². The molecule has 1 saturated heterocycles. The zero-order chi connectivity index (χ0) is 24.1. The minimum Gasteiger partial charge on any atom is -0.488 e. The molecule has 1 aliphatic rings. The molecule has 0 spiro atoms. The zero-order valence-corrected chi connectivity index (χ0v) is 20.7. The Hall–Kier alpha value is -3.30. The van der Waals surface area contributed by atoms with Gasteiger partial charge in [-0.15, -0.1) is 0 Å². The second-order valence-electron chi connectivity index (χ2n) is 7.58. The lowest BCUT2D eigenvalue weighted by Gasteiger charge is -2.12. The van der Waals surface area contributed by atoms with Gasteiger partial charge in [-0.05, 0) is 69.4 Å². The van der Waals surface area contributed by atoms with Crippen molar-refractivity contribution in [3.8, 4) is 5.75 Å². The van der Waals surface area contributed by atoms with E-state index in [1.165, 1.54) is 29.5 Å². The van der Waals surface area contributed by atoms with E-state index in [1.807, 2.05) is 30.3 Å². The van der Waals surface area contributed by atoms with E-state index in [0.717, 1.165) is 22.1 Å². The lowest BCUT2D eigenvalue weighted by atomic mass is 10.1. The van der Waals surface area contributed by atoms with Crippen LogP contribution in [0.3, 0.4) is 0 Å². The van der Waals surface area contributed by atoms with Crippen LogP contribution in [0.1, 0.15) is 23.6 Å². The largest absolute Gasteiger partial charge is 0.488 e. The van der Waals surface area contributed by atoms with Gasteiger partial charge in [0.25, 0.3) is 11.6 Å². The molecule has 1 heterocycles. The van der Waals surface area contributed by atoms with Crippen LogP contribution in [0.5, 0.6) is 5.75 Å². The number of carbonyl (C=O) groups is 1. The first-order chi connectivity index (χ1) is 16.4. The molecule has 34 heavy (non-hydrogen) atoms. The molecule has 4 rings (SSSR count). The number of aryl methyl sites for hydroxylation is 1. The van der Waals surface area contributed by atoms with Crippen LogP contribution in [0, 0.1) is 10.1 Å². The summed E-state index contributed by atoms with van der Waals surface area (Å²) < 4.78 is 6.54. The monoisotopic (exact) mass is 539 g/mol. The summed E-state index contributed by atoms with van der Waals surface area (Å²) in [5, 5.41) is 17.2. The van der Waals surface area contributed by atoms with E-state index in [2.05, 4.69) is 45.6 Å². The van der Waals surface area contributed by atoms with Crippen molar-refractivity contribution in [2.24, 2.45) is 0 Å². The summed E-state index contributed by atoms with van der Waals surface area (Å²) in [6.07, 6.45) is 2.81. The fraction of sp³-hybridized carbons (Fsp3) is 0.160. The number of hydrogen-bond acceptors (Lipinski definition) is 6. The molecule has 9 heteroatoms. The number of non-ortho nitro benzene ring substituents is 1. The first-order valence-electron chi connectivity index (χ1n) is 10.6. The van der Waals surface area contributed by atoms with E-state index in [9.17, 15) is 14.9 Å². The van der Waals surface area contributed by atoms with Crippen LogP contribution in [-0.4, -0.2) is 16.3 Å². The van der Waals surface area contributed by atoms with Crippen molar-refractivity contribution in [2.45, 2.75) is 25.4 Å². The molecule has 1 fully saturated rings. The molecule has 0 bridgehead atoms. The molecule has 1 amide bonds. The Labute approximate surface area is 209 Å². The summed E-state index contributed by atoms with van der Waals surface area (Å²) in [4.78, 5) is 23.6. The maximum Gasteiger partial charge on any atom is 0.269 e. The molecular weight excluding hydrogens is 518 g/mol. The Morgan fingerprint density at radius 2 is 1.94 bits per heavy atom. The van der Waals surface area contributed by atoms with Gasteiger partial charge in [-0.25, -0.2) is 0 Å². The van der Waals surface area contributed by atoms with Gasteiger partial charge in [0.1, 0.15) is 12.4 Å². The molecule has 0 saturated carbocycles. The summed E-state index contributed by atoms with van der Waals surface area (Å²) >= 11 is 4.94.